The maximum atomic E-state index is 8.20. The molecule has 0 amide bonds. The molecule has 0 aromatic heterocycles. The molecule has 0 atom stereocenters. The van der Waals surface area contributed by atoms with E-state index in [9.17, 15) is 0 Å². The van der Waals surface area contributed by atoms with Crippen LogP contribution in [-0.2, 0) is 0 Å². The highest BCUT2D eigenvalue weighted by Gasteiger charge is 1.82. The van der Waals surface area contributed by atoms with E-state index in [0.29, 0.717) is 0 Å². The lowest BCUT2D eigenvalue weighted by Gasteiger charge is -1.82. The zero-order valence-electron chi connectivity index (χ0n) is 5.46. The molecule has 2 nitrogen and oxygen atoms in total. The van der Waals surface area contributed by atoms with Crippen LogP contribution >= 0.6 is 0 Å². The monoisotopic (exact) mass is 130 g/mol. The van der Waals surface area contributed by atoms with Crippen molar-refractivity contribution in [2.24, 2.45) is 4.99 Å². The number of rotatable bonds is 2. The third-order valence-electron chi connectivity index (χ3n) is 0.686. The Morgan fingerprint density at radius 1 is 1.60 bits per heavy atom. The van der Waals surface area contributed by atoms with Crippen LogP contribution in [0.4, 0.5) is 0 Å². The highest BCUT2D eigenvalue weighted by Crippen LogP contribution is 1.88. The molecule has 0 N–H and O–H groups in total. The van der Waals surface area contributed by atoms with Gasteiger partial charge in [-0.1, -0.05) is 19.1 Å². The molecule has 0 spiro atoms. The number of hydrogen-bond acceptors (Lipinski definition) is 2. The maximum Gasteiger partial charge on any atom is 0.105 e. The molecular formula is C8H6N2. The van der Waals surface area contributed by atoms with Gasteiger partial charge in [0.25, 0.3) is 0 Å². The summed E-state index contributed by atoms with van der Waals surface area (Å²) >= 11 is 0. The Morgan fingerprint density at radius 2 is 2.20 bits per heavy atom. The molecule has 0 aliphatic carbocycles. The minimum Gasteiger partial charge on any atom is -0.247 e. The zero-order valence-corrected chi connectivity index (χ0v) is 5.46. The van der Waals surface area contributed by atoms with E-state index >= 15 is 0 Å². The van der Waals surface area contributed by atoms with E-state index in [-0.39, 0.29) is 11.3 Å². The molecule has 10 heavy (non-hydrogen) atoms. The van der Waals surface area contributed by atoms with E-state index in [1.165, 1.54) is 6.21 Å². The summed E-state index contributed by atoms with van der Waals surface area (Å²) in [7, 11) is 0. The maximum absolute atomic E-state index is 8.20. The molecular weight excluding hydrogens is 124 g/mol. The molecule has 0 aromatic rings. The number of terminal acetylenes is 1. The van der Waals surface area contributed by atoms with Gasteiger partial charge in [-0.25, -0.2) is 4.99 Å². The van der Waals surface area contributed by atoms with Gasteiger partial charge in [0.1, 0.15) is 11.8 Å². The van der Waals surface area contributed by atoms with Crippen molar-refractivity contribution in [3.05, 3.63) is 24.4 Å². The quantitative estimate of drug-likeness (QED) is 0.315. The molecule has 0 saturated heterocycles. The lowest BCUT2D eigenvalue weighted by molar-refractivity contribution is 1.48. The van der Waals surface area contributed by atoms with Crippen molar-refractivity contribution >= 4 is 6.21 Å². The highest BCUT2D eigenvalue weighted by atomic mass is 14.7. The van der Waals surface area contributed by atoms with Gasteiger partial charge in [-0.2, -0.15) is 5.26 Å². The predicted octanol–water partition coefficient (Wildman–Crippen LogP) is 1.28. The summed E-state index contributed by atoms with van der Waals surface area (Å²) in [5.74, 6) is 2.20. The van der Waals surface area contributed by atoms with E-state index < -0.39 is 0 Å². The molecule has 0 aromatic carbocycles. The van der Waals surface area contributed by atoms with Gasteiger partial charge in [-0.05, 0) is 0 Å². The normalized spacial score (nSPS) is 8.20. The Kier molecular flexibility index (Phi) is 3.38. The summed E-state index contributed by atoms with van der Waals surface area (Å²) in [4.78, 5) is 3.64. The second-order valence-electron chi connectivity index (χ2n) is 1.49. The van der Waals surface area contributed by atoms with Gasteiger partial charge < -0.3 is 0 Å². The van der Waals surface area contributed by atoms with Crippen LogP contribution < -0.4 is 0 Å². The largest absolute Gasteiger partial charge is 0.247 e. The third-order valence-corrected chi connectivity index (χ3v) is 0.686. The summed E-state index contributed by atoms with van der Waals surface area (Å²) < 4.78 is 0. The number of nitriles is 1. The van der Waals surface area contributed by atoms with Crippen LogP contribution in [-0.4, -0.2) is 6.21 Å². The fourth-order valence-electron chi connectivity index (χ4n) is 0.222. The Bertz CT molecular complexity index is 230. The summed E-state index contributed by atoms with van der Waals surface area (Å²) in [5, 5.41) is 8.20. The number of nitrogens with zero attached hydrogens (tertiary/aromatic N) is 2. The predicted molar refractivity (Wildman–Crippen MR) is 41.2 cm³/mol. The van der Waals surface area contributed by atoms with Crippen molar-refractivity contribution in [3.63, 3.8) is 0 Å². The van der Waals surface area contributed by atoms with E-state index in [1.54, 1.807) is 6.07 Å². The van der Waals surface area contributed by atoms with Crippen molar-refractivity contribution in [3.8, 4) is 18.4 Å². The Balaban J connectivity index is 4.07. The van der Waals surface area contributed by atoms with Crippen LogP contribution in [0.2, 0.25) is 0 Å². The van der Waals surface area contributed by atoms with Crippen molar-refractivity contribution in [2.45, 2.75) is 0 Å². The van der Waals surface area contributed by atoms with Crippen molar-refractivity contribution in [1.29, 1.82) is 5.26 Å². The first-order valence-corrected chi connectivity index (χ1v) is 2.49. The van der Waals surface area contributed by atoms with Crippen LogP contribution in [0, 0.1) is 23.7 Å². The molecule has 0 unspecified atom stereocenters. The molecule has 0 aliphatic rings. The minimum absolute atomic E-state index is 0.261. The number of allylic oxidation sites excluding steroid dienone is 2. The molecule has 48 valence electrons. The highest BCUT2D eigenvalue weighted by molar-refractivity contribution is 5.83. The summed E-state index contributed by atoms with van der Waals surface area (Å²) in [6.07, 6.45) is 6.20. The summed E-state index contributed by atoms with van der Waals surface area (Å²) in [6, 6.07) is 1.79. The van der Waals surface area contributed by atoms with Gasteiger partial charge in [0, 0.05) is 6.21 Å². The second-order valence-corrected chi connectivity index (χ2v) is 1.49. The molecule has 0 bridgehead atoms. The topological polar surface area (TPSA) is 36.1 Å². The molecule has 0 aliphatic heterocycles. The molecule has 0 rings (SSSR count). The van der Waals surface area contributed by atoms with Gasteiger partial charge in [-0.15, -0.1) is 6.42 Å². The molecule has 0 fully saturated rings. The average molecular weight is 130 g/mol. The van der Waals surface area contributed by atoms with Crippen LogP contribution in [0.25, 0.3) is 0 Å². The molecule has 2 heteroatoms. The van der Waals surface area contributed by atoms with Crippen molar-refractivity contribution < 1.29 is 0 Å². The van der Waals surface area contributed by atoms with E-state index in [0.717, 1.165) is 0 Å². The fraction of sp³-hybridized carbons (Fsp3) is 0. The average Bonchev–Trinajstić information content (AvgIpc) is 1.99. The molecule has 0 radical (unpaired) electrons. The lowest BCUT2D eigenvalue weighted by Crippen LogP contribution is -1.76. The van der Waals surface area contributed by atoms with E-state index in [4.69, 9.17) is 11.7 Å². The number of aliphatic imine (C=N–C) groups is 1. The van der Waals surface area contributed by atoms with Crippen molar-refractivity contribution in [2.75, 3.05) is 0 Å². The second kappa shape index (κ2) is 4.12. The Labute approximate surface area is 60.2 Å². The Hall–Kier alpha value is -1.80. The van der Waals surface area contributed by atoms with Crippen LogP contribution in [0.3, 0.4) is 0 Å². The molecule has 0 heterocycles. The number of hydrogen-bond donors (Lipinski definition) is 0. The first kappa shape index (κ1) is 8.20. The smallest absolute Gasteiger partial charge is 0.105 e. The minimum atomic E-state index is 0.261. The summed E-state index contributed by atoms with van der Waals surface area (Å²) in [6.45, 7) is 6.75. The van der Waals surface area contributed by atoms with E-state index in [1.807, 2.05) is 0 Å². The van der Waals surface area contributed by atoms with Gasteiger partial charge >= 0.3 is 0 Å². The van der Waals surface area contributed by atoms with Crippen LogP contribution in [0.5, 0.6) is 0 Å². The zero-order chi connectivity index (χ0) is 7.98. The lowest BCUT2D eigenvalue weighted by atomic mass is 10.4. The standard InChI is InChI=1S/C8H6N2/c1-4-8(3)10-6-7(2)5-9/h1,6H,2-3H2/b10-6-. The van der Waals surface area contributed by atoms with Gasteiger partial charge in [0.15, 0.2) is 0 Å². The van der Waals surface area contributed by atoms with Gasteiger partial charge in [-0.3, -0.25) is 0 Å². The fourth-order valence-corrected chi connectivity index (χ4v) is 0.222. The first-order valence-electron chi connectivity index (χ1n) is 2.49. The van der Waals surface area contributed by atoms with Gasteiger partial charge in [0.05, 0.1) is 5.57 Å². The van der Waals surface area contributed by atoms with Gasteiger partial charge in [0.2, 0.25) is 0 Å². The van der Waals surface area contributed by atoms with Crippen LogP contribution in [0.1, 0.15) is 0 Å². The van der Waals surface area contributed by atoms with E-state index in [2.05, 4.69) is 24.1 Å². The van der Waals surface area contributed by atoms with Crippen molar-refractivity contribution in [1.82, 2.24) is 0 Å². The van der Waals surface area contributed by atoms with Crippen LogP contribution in [0.15, 0.2) is 29.4 Å². The molecule has 0 saturated carbocycles. The Morgan fingerprint density at radius 3 is 2.60 bits per heavy atom. The summed E-state index contributed by atoms with van der Waals surface area (Å²) in [5.41, 5.74) is 0.549. The third kappa shape index (κ3) is 3.23. The first-order chi connectivity index (χ1) is 4.70. The SMILES string of the molecule is C#CC(=C)/N=C\C(=C)C#N.